The number of nitrogens with zero attached hydrogens (tertiary/aromatic N) is 1. The summed E-state index contributed by atoms with van der Waals surface area (Å²) in [7, 11) is 4.12. The quantitative estimate of drug-likeness (QED) is 0.654. The van der Waals surface area contributed by atoms with E-state index < -0.39 is 0 Å². The van der Waals surface area contributed by atoms with Gasteiger partial charge >= 0.3 is 0 Å². The Hall–Kier alpha value is -0.500. The molecule has 0 saturated carbocycles. The average Bonchev–Trinajstić information content (AvgIpc) is 2.39. The van der Waals surface area contributed by atoms with Crippen LogP contribution in [0.25, 0.3) is 0 Å². The maximum atomic E-state index is 4.02. The van der Waals surface area contributed by atoms with Gasteiger partial charge in [0.05, 0.1) is 0 Å². The first-order valence-corrected chi connectivity index (χ1v) is 4.26. The summed E-state index contributed by atoms with van der Waals surface area (Å²) in [6.07, 6.45) is 2.47. The van der Waals surface area contributed by atoms with Crippen molar-refractivity contribution in [3.8, 4) is 0 Å². The van der Waals surface area contributed by atoms with Gasteiger partial charge in [0.1, 0.15) is 0 Å². The van der Waals surface area contributed by atoms with Crippen molar-refractivity contribution in [2.45, 2.75) is 12.8 Å². The Balaban J connectivity index is 2.24. The predicted octanol–water partition coefficient (Wildman–Crippen LogP) is 1.06. The molecule has 11 heavy (non-hydrogen) atoms. The normalized spacial score (nSPS) is 23.6. The maximum absolute atomic E-state index is 4.02. The van der Waals surface area contributed by atoms with Gasteiger partial charge < -0.3 is 10.2 Å². The largest absolute Gasteiger partial charge is 0.381 e. The molecule has 0 radical (unpaired) electrons. The molecular weight excluding hydrogens is 136 g/mol. The molecule has 0 aromatic rings. The first-order chi connectivity index (χ1) is 5.20. The zero-order chi connectivity index (χ0) is 8.27. The molecule has 2 heteroatoms. The standard InChI is InChI=1S/C9H18N2/c1-8(11(2)3)6-9-4-5-10-7-9/h9-10H,1,4-7H2,2-3H3. The highest BCUT2D eigenvalue weighted by atomic mass is 15.1. The third kappa shape index (κ3) is 2.54. The fourth-order valence-corrected chi connectivity index (χ4v) is 1.40. The Morgan fingerprint density at radius 3 is 2.82 bits per heavy atom. The van der Waals surface area contributed by atoms with Crippen molar-refractivity contribution in [3.63, 3.8) is 0 Å². The van der Waals surface area contributed by atoms with Gasteiger partial charge in [-0.1, -0.05) is 6.58 Å². The summed E-state index contributed by atoms with van der Waals surface area (Å²) in [5, 5.41) is 3.36. The SMILES string of the molecule is C=C(CC1CCNC1)N(C)C. The van der Waals surface area contributed by atoms with Crippen LogP contribution in [0.4, 0.5) is 0 Å². The first kappa shape index (κ1) is 8.60. The second-order valence-electron chi connectivity index (χ2n) is 3.52. The van der Waals surface area contributed by atoms with Crippen LogP contribution in [0.1, 0.15) is 12.8 Å². The van der Waals surface area contributed by atoms with Gasteiger partial charge in [-0.05, 0) is 31.8 Å². The van der Waals surface area contributed by atoms with Gasteiger partial charge in [-0.2, -0.15) is 0 Å². The molecule has 1 unspecified atom stereocenters. The molecule has 1 N–H and O–H groups in total. The zero-order valence-electron chi connectivity index (χ0n) is 7.56. The zero-order valence-corrected chi connectivity index (χ0v) is 7.56. The molecule has 0 bridgehead atoms. The molecule has 1 rings (SSSR count). The molecule has 1 saturated heterocycles. The fraction of sp³-hybridized carbons (Fsp3) is 0.778. The van der Waals surface area contributed by atoms with Crippen LogP contribution in [0.15, 0.2) is 12.3 Å². The van der Waals surface area contributed by atoms with Crippen LogP contribution >= 0.6 is 0 Å². The van der Waals surface area contributed by atoms with E-state index in [0.29, 0.717) is 0 Å². The van der Waals surface area contributed by atoms with Crippen molar-refractivity contribution in [1.82, 2.24) is 10.2 Å². The lowest BCUT2D eigenvalue weighted by Crippen LogP contribution is -2.15. The lowest BCUT2D eigenvalue weighted by molar-refractivity contribution is 0.441. The van der Waals surface area contributed by atoms with Gasteiger partial charge in [0, 0.05) is 19.8 Å². The molecule has 0 aromatic carbocycles. The minimum absolute atomic E-state index is 0.824. The van der Waals surface area contributed by atoms with Crippen LogP contribution in [0.5, 0.6) is 0 Å². The molecule has 0 aliphatic carbocycles. The second kappa shape index (κ2) is 3.77. The van der Waals surface area contributed by atoms with Crippen molar-refractivity contribution in [2.24, 2.45) is 5.92 Å². The summed E-state index contributed by atoms with van der Waals surface area (Å²) < 4.78 is 0. The van der Waals surface area contributed by atoms with Crippen LogP contribution in [-0.2, 0) is 0 Å². The van der Waals surface area contributed by atoms with E-state index in [9.17, 15) is 0 Å². The number of hydrogen-bond acceptors (Lipinski definition) is 2. The van der Waals surface area contributed by atoms with Crippen molar-refractivity contribution in [3.05, 3.63) is 12.3 Å². The Kier molecular flexibility index (Phi) is 2.94. The highest BCUT2D eigenvalue weighted by Gasteiger charge is 2.15. The van der Waals surface area contributed by atoms with E-state index in [2.05, 4.69) is 30.9 Å². The lowest BCUT2D eigenvalue weighted by Gasteiger charge is -2.18. The molecule has 1 aliphatic heterocycles. The Bertz CT molecular complexity index is 134. The third-order valence-corrected chi connectivity index (χ3v) is 2.32. The van der Waals surface area contributed by atoms with Crippen LogP contribution < -0.4 is 5.32 Å². The summed E-state index contributed by atoms with van der Waals surface area (Å²) in [5.41, 5.74) is 1.25. The van der Waals surface area contributed by atoms with E-state index in [1.54, 1.807) is 0 Å². The van der Waals surface area contributed by atoms with Crippen molar-refractivity contribution in [1.29, 1.82) is 0 Å². The molecule has 1 fully saturated rings. The molecule has 64 valence electrons. The molecule has 1 atom stereocenters. The van der Waals surface area contributed by atoms with Crippen LogP contribution in [0, 0.1) is 5.92 Å². The summed E-state index contributed by atoms with van der Waals surface area (Å²) in [6, 6.07) is 0. The topological polar surface area (TPSA) is 15.3 Å². The Labute approximate surface area is 69.3 Å². The number of nitrogens with one attached hydrogen (secondary N) is 1. The summed E-state index contributed by atoms with van der Waals surface area (Å²) in [4.78, 5) is 2.11. The highest BCUT2D eigenvalue weighted by molar-refractivity contribution is 4.94. The summed E-state index contributed by atoms with van der Waals surface area (Å²) in [5.74, 6) is 0.824. The van der Waals surface area contributed by atoms with Crippen LogP contribution in [0.2, 0.25) is 0 Å². The van der Waals surface area contributed by atoms with Gasteiger partial charge in [-0.3, -0.25) is 0 Å². The molecule has 1 aliphatic rings. The first-order valence-electron chi connectivity index (χ1n) is 4.26. The van der Waals surface area contributed by atoms with E-state index in [4.69, 9.17) is 0 Å². The van der Waals surface area contributed by atoms with Gasteiger partial charge in [-0.15, -0.1) is 0 Å². The Morgan fingerprint density at radius 2 is 2.36 bits per heavy atom. The third-order valence-electron chi connectivity index (χ3n) is 2.32. The Morgan fingerprint density at radius 1 is 1.64 bits per heavy atom. The van der Waals surface area contributed by atoms with Crippen molar-refractivity contribution in [2.75, 3.05) is 27.2 Å². The monoisotopic (exact) mass is 154 g/mol. The molecule has 2 nitrogen and oxygen atoms in total. The molecule has 0 aromatic heterocycles. The van der Waals surface area contributed by atoms with Crippen molar-refractivity contribution >= 4 is 0 Å². The van der Waals surface area contributed by atoms with E-state index in [1.807, 2.05) is 0 Å². The number of allylic oxidation sites excluding steroid dienone is 1. The predicted molar refractivity (Wildman–Crippen MR) is 48.4 cm³/mol. The second-order valence-corrected chi connectivity index (χ2v) is 3.52. The van der Waals surface area contributed by atoms with E-state index in [0.717, 1.165) is 12.3 Å². The lowest BCUT2D eigenvalue weighted by atomic mass is 10.0. The number of rotatable bonds is 3. The van der Waals surface area contributed by atoms with E-state index >= 15 is 0 Å². The minimum atomic E-state index is 0.824. The van der Waals surface area contributed by atoms with Gasteiger partial charge in [-0.25, -0.2) is 0 Å². The maximum Gasteiger partial charge on any atom is 0.00579 e. The van der Waals surface area contributed by atoms with Gasteiger partial charge in [0.2, 0.25) is 0 Å². The van der Waals surface area contributed by atoms with Crippen LogP contribution in [-0.4, -0.2) is 32.1 Å². The van der Waals surface area contributed by atoms with E-state index in [1.165, 1.54) is 25.2 Å². The summed E-state index contributed by atoms with van der Waals surface area (Å²) in [6.45, 7) is 6.38. The fourth-order valence-electron chi connectivity index (χ4n) is 1.40. The smallest absolute Gasteiger partial charge is 0.00579 e. The van der Waals surface area contributed by atoms with Crippen molar-refractivity contribution < 1.29 is 0 Å². The van der Waals surface area contributed by atoms with Crippen LogP contribution in [0.3, 0.4) is 0 Å². The van der Waals surface area contributed by atoms with Gasteiger partial charge in [0.25, 0.3) is 0 Å². The van der Waals surface area contributed by atoms with Gasteiger partial charge in [0.15, 0.2) is 0 Å². The molecule has 0 amide bonds. The average molecular weight is 154 g/mol. The van der Waals surface area contributed by atoms with E-state index in [-0.39, 0.29) is 0 Å². The minimum Gasteiger partial charge on any atom is -0.381 e. The summed E-state index contributed by atoms with van der Waals surface area (Å²) >= 11 is 0. The molecule has 0 spiro atoms. The number of hydrogen-bond donors (Lipinski definition) is 1. The highest BCUT2D eigenvalue weighted by Crippen LogP contribution is 2.17. The molecule has 1 heterocycles. The molecular formula is C9H18N2.